The standard InChI is InChI=1S/C20H29N5O2/c1-14-8-10-20(11-9-14,24(4)18(26)13-27-5)19-21-22-23-25(19)17-7-6-15(2)12-16(17)3/h6-7,12,14H,8-11,13H2,1-5H3. The predicted molar refractivity (Wildman–Crippen MR) is 103 cm³/mol. The van der Waals surface area contributed by atoms with E-state index in [1.54, 1.807) is 16.7 Å². The second-order valence-electron chi connectivity index (χ2n) is 7.80. The van der Waals surface area contributed by atoms with E-state index in [1.165, 1.54) is 5.56 Å². The summed E-state index contributed by atoms with van der Waals surface area (Å²) in [6.07, 6.45) is 3.74. The number of likely N-dealkylation sites (N-methyl/N-ethyl adjacent to an activating group) is 1. The third kappa shape index (κ3) is 3.60. The molecular formula is C20H29N5O2. The summed E-state index contributed by atoms with van der Waals surface area (Å²) in [5.41, 5.74) is 2.72. The zero-order chi connectivity index (χ0) is 19.6. The molecule has 1 saturated carbocycles. The lowest BCUT2D eigenvalue weighted by Crippen LogP contribution is -2.51. The number of rotatable bonds is 5. The summed E-state index contributed by atoms with van der Waals surface area (Å²) in [6, 6.07) is 6.22. The summed E-state index contributed by atoms with van der Waals surface area (Å²) in [5, 5.41) is 12.7. The maximum absolute atomic E-state index is 12.7. The topological polar surface area (TPSA) is 73.1 Å². The van der Waals surface area contributed by atoms with Crippen LogP contribution in [0.3, 0.4) is 0 Å². The van der Waals surface area contributed by atoms with E-state index in [4.69, 9.17) is 4.74 Å². The van der Waals surface area contributed by atoms with E-state index in [9.17, 15) is 4.79 Å². The fourth-order valence-corrected chi connectivity index (χ4v) is 4.09. The molecule has 1 aromatic carbocycles. The Balaban J connectivity index is 2.09. The van der Waals surface area contributed by atoms with Crippen molar-refractivity contribution in [1.82, 2.24) is 25.1 Å². The van der Waals surface area contributed by atoms with Crippen molar-refractivity contribution in [3.63, 3.8) is 0 Å². The van der Waals surface area contributed by atoms with Crippen molar-refractivity contribution in [2.75, 3.05) is 20.8 Å². The van der Waals surface area contributed by atoms with Crippen LogP contribution in [0.5, 0.6) is 0 Å². The predicted octanol–water partition coefficient (Wildman–Crippen LogP) is 2.79. The van der Waals surface area contributed by atoms with Crippen molar-refractivity contribution >= 4 is 5.91 Å². The number of tetrazole rings is 1. The van der Waals surface area contributed by atoms with Crippen LogP contribution in [0.25, 0.3) is 5.69 Å². The number of carbonyl (C=O) groups is 1. The number of amides is 1. The number of aryl methyl sites for hydroxylation is 2. The molecule has 1 heterocycles. The molecule has 7 heteroatoms. The van der Waals surface area contributed by atoms with Gasteiger partial charge in [0.15, 0.2) is 5.82 Å². The second kappa shape index (κ2) is 7.76. The Bertz CT molecular complexity index is 808. The van der Waals surface area contributed by atoms with Crippen LogP contribution in [0.1, 0.15) is 49.6 Å². The lowest BCUT2D eigenvalue weighted by atomic mass is 9.75. The van der Waals surface area contributed by atoms with Crippen molar-refractivity contribution in [3.05, 3.63) is 35.2 Å². The van der Waals surface area contributed by atoms with Gasteiger partial charge in [0.2, 0.25) is 5.91 Å². The normalized spacial score (nSPS) is 22.6. The Labute approximate surface area is 160 Å². The minimum absolute atomic E-state index is 0.0535. The van der Waals surface area contributed by atoms with E-state index in [1.807, 2.05) is 13.1 Å². The summed E-state index contributed by atoms with van der Waals surface area (Å²) < 4.78 is 6.90. The average Bonchev–Trinajstić information content (AvgIpc) is 3.12. The SMILES string of the molecule is COCC(=O)N(C)C1(c2nnnn2-c2ccc(C)cc2C)CCC(C)CC1. The number of carbonyl (C=O) groups excluding carboxylic acids is 1. The van der Waals surface area contributed by atoms with Crippen molar-refractivity contribution in [1.29, 1.82) is 0 Å². The van der Waals surface area contributed by atoms with Crippen molar-refractivity contribution in [3.8, 4) is 5.69 Å². The van der Waals surface area contributed by atoms with Gasteiger partial charge in [0.25, 0.3) is 0 Å². The van der Waals surface area contributed by atoms with E-state index < -0.39 is 5.54 Å². The summed E-state index contributed by atoms with van der Waals surface area (Å²) in [5.74, 6) is 1.31. The van der Waals surface area contributed by atoms with Gasteiger partial charge in [-0.3, -0.25) is 4.79 Å². The van der Waals surface area contributed by atoms with Crippen LogP contribution in [0.4, 0.5) is 0 Å². The molecule has 0 saturated heterocycles. The lowest BCUT2D eigenvalue weighted by molar-refractivity contribution is -0.142. The van der Waals surface area contributed by atoms with E-state index in [-0.39, 0.29) is 12.5 Å². The summed E-state index contributed by atoms with van der Waals surface area (Å²) >= 11 is 0. The molecule has 27 heavy (non-hydrogen) atoms. The van der Waals surface area contributed by atoms with E-state index in [0.717, 1.165) is 42.8 Å². The molecule has 1 amide bonds. The molecule has 7 nitrogen and oxygen atoms in total. The number of methoxy groups -OCH3 is 1. The number of hydrogen-bond acceptors (Lipinski definition) is 5. The highest BCUT2D eigenvalue weighted by atomic mass is 16.5. The minimum atomic E-state index is -0.525. The largest absolute Gasteiger partial charge is 0.375 e. The van der Waals surface area contributed by atoms with Crippen LogP contribution in [-0.4, -0.2) is 51.8 Å². The molecule has 0 spiro atoms. The smallest absolute Gasteiger partial charge is 0.249 e. The molecular weight excluding hydrogens is 342 g/mol. The first-order chi connectivity index (χ1) is 12.9. The summed E-state index contributed by atoms with van der Waals surface area (Å²) in [4.78, 5) is 14.5. The molecule has 1 aliphatic rings. The molecule has 1 fully saturated rings. The molecule has 0 aliphatic heterocycles. The number of aromatic nitrogens is 4. The first kappa shape index (κ1) is 19.5. The summed E-state index contributed by atoms with van der Waals surface area (Å²) in [6.45, 7) is 6.44. The van der Waals surface area contributed by atoms with Crippen LogP contribution in [-0.2, 0) is 15.1 Å². The Morgan fingerprint density at radius 2 is 2.04 bits per heavy atom. The maximum Gasteiger partial charge on any atom is 0.249 e. The zero-order valence-electron chi connectivity index (χ0n) is 16.9. The van der Waals surface area contributed by atoms with Gasteiger partial charge in [0, 0.05) is 14.2 Å². The van der Waals surface area contributed by atoms with Crippen LogP contribution in [0, 0.1) is 19.8 Å². The quantitative estimate of drug-likeness (QED) is 0.808. The van der Waals surface area contributed by atoms with Crippen LogP contribution >= 0.6 is 0 Å². The molecule has 0 atom stereocenters. The van der Waals surface area contributed by atoms with Gasteiger partial charge in [-0.25, -0.2) is 0 Å². The fourth-order valence-electron chi connectivity index (χ4n) is 4.09. The maximum atomic E-state index is 12.7. The summed E-state index contributed by atoms with van der Waals surface area (Å²) in [7, 11) is 3.39. The van der Waals surface area contributed by atoms with Crippen LogP contribution in [0.2, 0.25) is 0 Å². The Morgan fingerprint density at radius 3 is 2.67 bits per heavy atom. The third-order valence-electron chi connectivity index (χ3n) is 5.85. The van der Waals surface area contributed by atoms with Crippen molar-refractivity contribution in [2.24, 2.45) is 5.92 Å². The second-order valence-corrected chi connectivity index (χ2v) is 7.80. The lowest BCUT2D eigenvalue weighted by Gasteiger charge is -2.44. The van der Waals surface area contributed by atoms with Crippen molar-refractivity contribution < 1.29 is 9.53 Å². The Morgan fingerprint density at radius 1 is 1.33 bits per heavy atom. The molecule has 3 rings (SSSR count). The van der Waals surface area contributed by atoms with Crippen LogP contribution in [0.15, 0.2) is 18.2 Å². The number of benzene rings is 1. The highest BCUT2D eigenvalue weighted by Gasteiger charge is 2.46. The first-order valence-electron chi connectivity index (χ1n) is 9.51. The minimum Gasteiger partial charge on any atom is -0.375 e. The van der Waals surface area contributed by atoms with Gasteiger partial charge in [0.1, 0.15) is 12.1 Å². The van der Waals surface area contributed by atoms with Crippen molar-refractivity contribution in [2.45, 2.75) is 52.0 Å². The number of nitrogens with zero attached hydrogens (tertiary/aromatic N) is 5. The van der Waals surface area contributed by atoms with E-state index in [2.05, 4.69) is 48.4 Å². The Kier molecular flexibility index (Phi) is 5.60. The van der Waals surface area contributed by atoms with Gasteiger partial charge in [0.05, 0.1) is 5.69 Å². The third-order valence-corrected chi connectivity index (χ3v) is 5.85. The van der Waals surface area contributed by atoms with Gasteiger partial charge >= 0.3 is 0 Å². The molecule has 146 valence electrons. The number of hydrogen-bond donors (Lipinski definition) is 0. The average molecular weight is 371 g/mol. The van der Waals surface area contributed by atoms with Gasteiger partial charge in [-0.1, -0.05) is 24.6 Å². The molecule has 1 aliphatic carbocycles. The van der Waals surface area contributed by atoms with Crippen LogP contribution < -0.4 is 0 Å². The number of ether oxygens (including phenoxy) is 1. The monoisotopic (exact) mass is 371 g/mol. The van der Waals surface area contributed by atoms with Gasteiger partial charge < -0.3 is 9.64 Å². The Hall–Kier alpha value is -2.28. The zero-order valence-corrected chi connectivity index (χ0v) is 16.9. The molecule has 0 bridgehead atoms. The van der Waals surface area contributed by atoms with E-state index in [0.29, 0.717) is 5.92 Å². The molecule has 2 aromatic rings. The molecule has 0 unspecified atom stereocenters. The molecule has 0 radical (unpaired) electrons. The fraction of sp³-hybridized carbons (Fsp3) is 0.600. The first-order valence-corrected chi connectivity index (χ1v) is 9.51. The van der Waals surface area contributed by atoms with E-state index >= 15 is 0 Å². The van der Waals surface area contributed by atoms with Gasteiger partial charge in [-0.15, -0.1) is 5.10 Å². The van der Waals surface area contributed by atoms with Gasteiger partial charge in [-0.05, 0) is 67.5 Å². The van der Waals surface area contributed by atoms with Gasteiger partial charge in [-0.2, -0.15) is 4.68 Å². The highest BCUT2D eigenvalue weighted by Crippen LogP contribution is 2.43. The highest BCUT2D eigenvalue weighted by molar-refractivity contribution is 5.78. The molecule has 1 aromatic heterocycles. The molecule has 0 N–H and O–H groups in total.